The fraction of sp³-hybridized carbons (Fsp3) is 0.0667. The van der Waals surface area contributed by atoms with Crippen LogP contribution < -0.4 is 11.1 Å². The van der Waals surface area contributed by atoms with Gasteiger partial charge >= 0.3 is 0 Å². The van der Waals surface area contributed by atoms with Gasteiger partial charge in [-0.25, -0.2) is 0 Å². The van der Waals surface area contributed by atoms with E-state index in [1.54, 1.807) is 36.4 Å². The minimum Gasteiger partial charge on any atom is -0.366 e. The maximum absolute atomic E-state index is 12.0. The molecule has 0 saturated carbocycles. The number of carbonyl (C=O) groups is 2. The van der Waals surface area contributed by atoms with Crippen molar-refractivity contribution in [2.45, 2.75) is 6.54 Å². The first-order valence-electron chi connectivity index (χ1n) is 5.99. The number of benzene rings is 2. The summed E-state index contributed by atoms with van der Waals surface area (Å²) in [4.78, 5) is 23.0. The zero-order valence-corrected chi connectivity index (χ0v) is 12.2. The Hall–Kier alpha value is -2.14. The molecule has 0 atom stereocenters. The molecule has 0 radical (unpaired) electrons. The third kappa shape index (κ3) is 3.68. The quantitative estimate of drug-likeness (QED) is 0.902. The molecule has 2 rings (SSSR count). The Morgan fingerprint density at radius 3 is 2.45 bits per heavy atom. The van der Waals surface area contributed by atoms with Gasteiger partial charge in [0.1, 0.15) is 0 Å². The van der Waals surface area contributed by atoms with E-state index >= 15 is 0 Å². The monoisotopic (exact) mass is 332 g/mol. The van der Waals surface area contributed by atoms with Crippen molar-refractivity contribution in [2.24, 2.45) is 5.73 Å². The lowest BCUT2D eigenvalue weighted by Gasteiger charge is -2.06. The maximum Gasteiger partial charge on any atom is 0.251 e. The van der Waals surface area contributed by atoms with Crippen molar-refractivity contribution >= 4 is 27.7 Å². The Morgan fingerprint density at radius 2 is 1.75 bits per heavy atom. The van der Waals surface area contributed by atoms with Crippen LogP contribution >= 0.6 is 15.9 Å². The fourth-order valence-corrected chi connectivity index (χ4v) is 2.15. The summed E-state index contributed by atoms with van der Waals surface area (Å²) in [5.41, 5.74) is 7.04. The maximum atomic E-state index is 12.0. The minimum atomic E-state index is -0.481. The molecule has 0 fully saturated rings. The summed E-state index contributed by atoms with van der Waals surface area (Å²) in [7, 11) is 0. The second-order valence-corrected chi connectivity index (χ2v) is 5.17. The van der Waals surface area contributed by atoms with Gasteiger partial charge < -0.3 is 11.1 Å². The topological polar surface area (TPSA) is 72.2 Å². The number of hydrogen-bond donors (Lipinski definition) is 2. The van der Waals surface area contributed by atoms with Crippen LogP contribution in [0.2, 0.25) is 0 Å². The highest BCUT2D eigenvalue weighted by Gasteiger charge is 2.06. The molecular weight excluding hydrogens is 320 g/mol. The van der Waals surface area contributed by atoms with Crippen LogP contribution in [0, 0.1) is 0 Å². The first kappa shape index (κ1) is 14.3. The van der Waals surface area contributed by atoms with Crippen molar-refractivity contribution < 1.29 is 9.59 Å². The van der Waals surface area contributed by atoms with Crippen LogP contribution in [0.5, 0.6) is 0 Å². The van der Waals surface area contributed by atoms with Gasteiger partial charge in [0, 0.05) is 22.1 Å². The number of amides is 2. The highest BCUT2D eigenvalue weighted by Crippen LogP contribution is 2.12. The molecule has 0 bridgehead atoms. The van der Waals surface area contributed by atoms with E-state index in [0.717, 1.165) is 10.0 Å². The zero-order valence-electron chi connectivity index (χ0n) is 10.6. The van der Waals surface area contributed by atoms with Gasteiger partial charge in [0.25, 0.3) is 5.91 Å². The molecule has 4 nitrogen and oxygen atoms in total. The predicted molar refractivity (Wildman–Crippen MR) is 80.3 cm³/mol. The highest BCUT2D eigenvalue weighted by molar-refractivity contribution is 9.10. The number of rotatable bonds is 4. The van der Waals surface area contributed by atoms with E-state index in [2.05, 4.69) is 21.2 Å². The smallest absolute Gasteiger partial charge is 0.251 e. The van der Waals surface area contributed by atoms with Gasteiger partial charge in [0.2, 0.25) is 5.91 Å². The Bertz CT molecular complexity index is 656. The number of nitrogens with two attached hydrogens (primary N) is 1. The lowest BCUT2D eigenvalue weighted by atomic mass is 10.1. The van der Waals surface area contributed by atoms with Gasteiger partial charge in [-0.3, -0.25) is 9.59 Å². The molecule has 0 aromatic heterocycles. The lowest BCUT2D eigenvalue weighted by molar-refractivity contribution is 0.0950. The number of nitrogens with one attached hydrogen (secondary N) is 1. The first-order chi connectivity index (χ1) is 9.56. The summed E-state index contributed by atoms with van der Waals surface area (Å²) in [5.74, 6) is -0.652. The predicted octanol–water partition coefficient (Wildman–Crippen LogP) is 2.48. The fourth-order valence-electron chi connectivity index (χ4n) is 1.75. The van der Waals surface area contributed by atoms with Crippen molar-refractivity contribution in [2.75, 3.05) is 0 Å². The minimum absolute atomic E-state index is 0.171. The molecule has 2 amide bonds. The molecule has 0 heterocycles. The first-order valence-corrected chi connectivity index (χ1v) is 6.78. The summed E-state index contributed by atoms with van der Waals surface area (Å²) < 4.78 is 0.848. The molecule has 0 saturated heterocycles. The number of primary amides is 1. The van der Waals surface area contributed by atoms with E-state index in [4.69, 9.17) is 5.73 Å². The molecule has 0 unspecified atom stereocenters. The van der Waals surface area contributed by atoms with Crippen LogP contribution in [0.25, 0.3) is 0 Å². The third-order valence-corrected chi connectivity index (χ3v) is 3.24. The van der Waals surface area contributed by atoms with Gasteiger partial charge in [-0.2, -0.15) is 0 Å². The van der Waals surface area contributed by atoms with Crippen LogP contribution in [0.4, 0.5) is 0 Å². The van der Waals surface area contributed by atoms with Crippen LogP contribution in [0.15, 0.2) is 53.0 Å². The van der Waals surface area contributed by atoms with E-state index in [1.165, 1.54) is 0 Å². The van der Waals surface area contributed by atoms with Crippen molar-refractivity contribution in [3.63, 3.8) is 0 Å². The molecule has 2 aromatic rings. The van der Waals surface area contributed by atoms with Gasteiger partial charge in [0.05, 0.1) is 0 Å². The van der Waals surface area contributed by atoms with Crippen LogP contribution in [-0.4, -0.2) is 11.8 Å². The van der Waals surface area contributed by atoms with Crippen molar-refractivity contribution in [1.82, 2.24) is 5.32 Å². The molecule has 102 valence electrons. The standard InChI is InChI=1S/C15H13BrN2O2/c16-13-6-2-5-12(8-13)15(20)18-9-10-3-1-4-11(7-10)14(17)19/h1-8H,9H2,(H2,17,19)(H,18,20). The van der Waals surface area contributed by atoms with Crippen molar-refractivity contribution in [3.05, 3.63) is 69.7 Å². The van der Waals surface area contributed by atoms with Gasteiger partial charge in [-0.05, 0) is 35.9 Å². The van der Waals surface area contributed by atoms with Gasteiger partial charge in [-0.1, -0.05) is 34.1 Å². The molecular formula is C15H13BrN2O2. The van der Waals surface area contributed by atoms with Crippen LogP contribution in [0.3, 0.4) is 0 Å². The van der Waals surface area contributed by atoms with Crippen LogP contribution in [0.1, 0.15) is 26.3 Å². The van der Waals surface area contributed by atoms with E-state index in [0.29, 0.717) is 17.7 Å². The van der Waals surface area contributed by atoms with Crippen molar-refractivity contribution in [3.8, 4) is 0 Å². The Labute approximate surface area is 125 Å². The molecule has 3 N–H and O–H groups in total. The van der Waals surface area contributed by atoms with Gasteiger partial charge in [-0.15, -0.1) is 0 Å². The summed E-state index contributed by atoms with van der Waals surface area (Å²) in [6.45, 7) is 0.340. The zero-order chi connectivity index (χ0) is 14.5. The Morgan fingerprint density at radius 1 is 1.05 bits per heavy atom. The number of halogens is 1. The summed E-state index contributed by atoms with van der Waals surface area (Å²) >= 11 is 3.32. The van der Waals surface area contributed by atoms with E-state index in [9.17, 15) is 9.59 Å². The lowest BCUT2D eigenvalue weighted by Crippen LogP contribution is -2.23. The summed E-state index contributed by atoms with van der Waals surface area (Å²) in [5, 5.41) is 2.80. The second kappa shape index (κ2) is 6.34. The van der Waals surface area contributed by atoms with Gasteiger partial charge in [0.15, 0.2) is 0 Å². The van der Waals surface area contributed by atoms with Crippen LogP contribution in [-0.2, 0) is 6.54 Å². The summed E-state index contributed by atoms with van der Waals surface area (Å²) in [6, 6.07) is 14.0. The normalized spacial score (nSPS) is 10.1. The molecule has 0 aliphatic heterocycles. The average Bonchev–Trinajstić information content (AvgIpc) is 2.45. The third-order valence-electron chi connectivity index (χ3n) is 2.75. The molecule has 5 heteroatoms. The van der Waals surface area contributed by atoms with Crippen molar-refractivity contribution in [1.29, 1.82) is 0 Å². The molecule has 0 aliphatic rings. The van der Waals surface area contributed by atoms with E-state index < -0.39 is 5.91 Å². The highest BCUT2D eigenvalue weighted by atomic mass is 79.9. The molecule has 20 heavy (non-hydrogen) atoms. The Balaban J connectivity index is 2.03. The number of carbonyl (C=O) groups excluding carboxylic acids is 2. The SMILES string of the molecule is NC(=O)c1cccc(CNC(=O)c2cccc(Br)c2)c1. The van der Waals surface area contributed by atoms with E-state index in [1.807, 2.05) is 12.1 Å². The number of hydrogen-bond acceptors (Lipinski definition) is 2. The largest absolute Gasteiger partial charge is 0.366 e. The van der Waals surface area contributed by atoms with E-state index in [-0.39, 0.29) is 5.91 Å². The molecule has 2 aromatic carbocycles. The molecule has 0 spiro atoms. The average molecular weight is 333 g/mol. The molecule has 0 aliphatic carbocycles. The Kier molecular flexibility index (Phi) is 4.53. The summed E-state index contributed by atoms with van der Waals surface area (Å²) in [6.07, 6.45) is 0. The second-order valence-electron chi connectivity index (χ2n) is 4.26.